The van der Waals surface area contributed by atoms with E-state index in [1.54, 1.807) is 30.8 Å². The van der Waals surface area contributed by atoms with Gasteiger partial charge >= 0.3 is 6.09 Å². The van der Waals surface area contributed by atoms with Crippen molar-refractivity contribution in [3.63, 3.8) is 0 Å². The first-order valence-corrected chi connectivity index (χ1v) is 8.14. The number of ether oxygens (including phenoxy) is 1. The van der Waals surface area contributed by atoms with E-state index in [1.165, 1.54) is 16.6 Å². The van der Waals surface area contributed by atoms with Crippen LogP contribution in [0.4, 0.5) is 9.80 Å². The lowest BCUT2D eigenvalue weighted by molar-refractivity contribution is 0.0926. The molecule has 2 N–H and O–H groups in total. The lowest BCUT2D eigenvalue weighted by Gasteiger charge is -2.07. The molecular formula is C15H13N5O4S. The molecule has 0 unspecified atom stereocenters. The smallest absolute Gasteiger partial charge is 0.414 e. The van der Waals surface area contributed by atoms with Crippen LogP contribution in [0, 0.1) is 0 Å². The van der Waals surface area contributed by atoms with E-state index in [4.69, 9.17) is 0 Å². The number of thiophene rings is 1. The highest BCUT2D eigenvalue weighted by molar-refractivity contribution is 7.14. The molecule has 0 saturated heterocycles. The summed E-state index contributed by atoms with van der Waals surface area (Å²) in [6.07, 6.45) is 2.34. The molecule has 3 aromatic heterocycles. The van der Waals surface area contributed by atoms with Gasteiger partial charge in [-0.3, -0.25) is 14.9 Å². The zero-order chi connectivity index (χ0) is 17.8. The Morgan fingerprint density at radius 3 is 2.88 bits per heavy atom. The highest BCUT2D eigenvalue weighted by atomic mass is 32.1. The molecule has 0 bridgehead atoms. The van der Waals surface area contributed by atoms with Gasteiger partial charge in [-0.2, -0.15) is 5.10 Å². The highest BCUT2D eigenvalue weighted by Gasteiger charge is 2.19. The number of aromatic nitrogens is 3. The maximum atomic E-state index is 12.4. The molecule has 9 nitrogen and oxygen atoms in total. The van der Waals surface area contributed by atoms with Crippen LogP contribution >= 0.6 is 11.3 Å². The number of fused-ring (bicyclic) bond motifs is 1. The van der Waals surface area contributed by atoms with E-state index in [0.29, 0.717) is 10.6 Å². The second-order valence-electron chi connectivity index (χ2n) is 4.74. The summed E-state index contributed by atoms with van der Waals surface area (Å²) in [7, 11) is 0. The number of imide groups is 1. The van der Waals surface area contributed by atoms with Crippen LogP contribution in [0.15, 0.2) is 36.0 Å². The van der Waals surface area contributed by atoms with Gasteiger partial charge in [-0.05, 0) is 24.4 Å². The van der Waals surface area contributed by atoms with Crippen molar-refractivity contribution in [2.75, 3.05) is 11.9 Å². The van der Waals surface area contributed by atoms with Gasteiger partial charge in [0.2, 0.25) is 0 Å². The fourth-order valence-corrected chi connectivity index (χ4v) is 2.80. The molecule has 0 radical (unpaired) electrons. The largest absolute Gasteiger partial charge is 0.450 e. The zero-order valence-corrected chi connectivity index (χ0v) is 13.9. The van der Waals surface area contributed by atoms with Crippen LogP contribution in [0.25, 0.3) is 5.65 Å². The normalized spacial score (nSPS) is 10.4. The summed E-state index contributed by atoms with van der Waals surface area (Å²) in [6, 6.07) is 4.68. The van der Waals surface area contributed by atoms with Crippen molar-refractivity contribution in [2.24, 2.45) is 0 Å². The quantitative estimate of drug-likeness (QED) is 0.735. The van der Waals surface area contributed by atoms with E-state index < -0.39 is 17.9 Å². The first-order chi connectivity index (χ1) is 12.1. The standard InChI is InChI=1S/C15H13N5O4S/c1-2-24-15(23)19-12(21)9-5-8-25-14(9)18-13(22)10-4-7-20-11(17-10)3-6-16-20/h3-8H,2H2,1H3,(H,18,22)(H,19,21,23). The Morgan fingerprint density at radius 1 is 1.24 bits per heavy atom. The molecule has 0 aromatic carbocycles. The molecule has 3 aromatic rings. The summed E-state index contributed by atoms with van der Waals surface area (Å²) >= 11 is 1.16. The topological polar surface area (TPSA) is 115 Å². The fourth-order valence-electron chi connectivity index (χ4n) is 2.02. The van der Waals surface area contributed by atoms with Crippen LogP contribution in [0.5, 0.6) is 0 Å². The average molecular weight is 359 g/mol. The van der Waals surface area contributed by atoms with Gasteiger partial charge in [-0.25, -0.2) is 14.3 Å². The number of carbonyl (C=O) groups excluding carboxylic acids is 3. The van der Waals surface area contributed by atoms with E-state index in [-0.39, 0.29) is 17.9 Å². The number of rotatable bonds is 4. The molecule has 0 aliphatic rings. The molecule has 3 rings (SSSR count). The second-order valence-corrected chi connectivity index (χ2v) is 5.65. The Bertz CT molecular complexity index is 948. The third-order valence-electron chi connectivity index (χ3n) is 3.12. The van der Waals surface area contributed by atoms with Gasteiger partial charge in [-0.15, -0.1) is 11.3 Å². The van der Waals surface area contributed by atoms with E-state index in [9.17, 15) is 14.4 Å². The first kappa shape index (κ1) is 16.6. The zero-order valence-electron chi connectivity index (χ0n) is 13.1. The van der Waals surface area contributed by atoms with Crippen molar-refractivity contribution < 1.29 is 19.1 Å². The molecule has 0 fully saturated rings. The molecule has 25 heavy (non-hydrogen) atoms. The Morgan fingerprint density at radius 2 is 2.08 bits per heavy atom. The molecule has 0 aliphatic heterocycles. The van der Waals surface area contributed by atoms with Crippen LogP contribution in [0.3, 0.4) is 0 Å². The third-order valence-corrected chi connectivity index (χ3v) is 3.95. The molecule has 3 heterocycles. The van der Waals surface area contributed by atoms with Crippen molar-refractivity contribution >= 4 is 39.9 Å². The monoisotopic (exact) mass is 359 g/mol. The molecule has 0 spiro atoms. The number of alkyl carbamates (subject to hydrolysis) is 1. The molecule has 128 valence electrons. The number of anilines is 1. The summed E-state index contributed by atoms with van der Waals surface area (Å²) in [4.78, 5) is 40.0. The van der Waals surface area contributed by atoms with Gasteiger partial charge in [0.25, 0.3) is 11.8 Å². The predicted molar refractivity (Wildman–Crippen MR) is 89.7 cm³/mol. The summed E-state index contributed by atoms with van der Waals surface area (Å²) in [5.74, 6) is -1.13. The SMILES string of the molecule is CCOC(=O)NC(=O)c1ccsc1NC(=O)c1ccn2nccc2n1. The third kappa shape index (κ3) is 3.63. The molecule has 10 heteroatoms. The average Bonchev–Trinajstić information content (AvgIpc) is 3.22. The number of hydrogen-bond donors (Lipinski definition) is 2. The number of amides is 3. The van der Waals surface area contributed by atoms with Crippen molar-refractivity contribution in [3.05, 3.63) is 47.2 Å². The summed E-state index contributed by atoms with van der Waals surface area (Å²) in [6.45, 7) is 1.78. The molecule has 0 aliphatic carbocycles. The van der Waals surface area contributed by atoms with Gasteiger partial charge in [0.1, 0.15) is 10.7 Å². The summed E-state index contributed by atoms with van der Waals surface area (Å²) in [5.41, 5.74) is 0.870. The van der Waals surface area contributed by atoms with Gasteiger partial charge in [0, 0.05) is 12.3 Å². The van der Waals surface area contributed by atoms with Gasteiger partial charge < -0.3 is 10.1 Å². The lowest BCUT2D eigenvalue weighted by atomic mass is 10.3. The highest BCUT2D eigenvalue weighted by Crippen LogP contribution is 2.23. The van der Waals surface area contributed by atoms with Crippen LogP contribution in [-0.2, 0) is 4.74 Å². The van der Waals surface area contributed by atoms with E-state index in [0.717, 1.165) is 11.3 Å². The van der Waals surface area contributed by atoms with Crippen molar-refractivity contribution in [1.29, 1.82) is 0 Å². The van der Waals surface area contributed by atoms with E-state index >= 15 is 0 Å². The van der Waals surface area contributed by atoms with Crippen LogP contribution in [-0.4, -0.2) is 39.1 Å². The minimum atomic E-state index is -0.844. The molecule has 0 saturated carbocycles. The second kappa shape index (κ2) is 7.09. The van der Waals surface area contributed by atoms with Gasteiger partial charge in [-0.1, -0.05) is 0 Å². The summed E-state index contributed by atoms with van der Waals surface area (Å²) < 4.78 is 6.19. The van der Waals surface area contributed by atoms with E-state index in [1.807, 2.05) is 0 Å². The van der Waals surface area contributed by atoms with Crippen LogP contribution in [0.2, 0.25) is 0 Å². The van der Waals surface area contributed by atoms with E-state index in [2.05, 4.69) is 25.5 Å². The lowest BCUT2D eigenvalue weighted by Crippen LogP contribution is -2.31. The number of nitrogens with zero attached hydrogens (tertiary/aromatic N) is 3. The molecule has 3 amide bonds. The van der Waals surface area contributed by atoms with Gasteiger partial charge in [0.05, 0.1) is 18.4 Å². The van der Waals surface area contributed by atoms with Crippen molar-refractivity contribution in [2.45, 2.75) is 6.92 Å². The van der Waals surface area contributed by atoms with Crippen LogP contribution < -0.4 is 10.6 Å². The molecule has 0 atom stereocenters. The fraction of sp³-hybridized carbons (Fsp3) is 0.133. The number of hydrogen-bond acceptors (Lipinski definition) is 7. The maximum absolute atomic E-state index is 12.4. The Hall–Kier alpha value is -3.27. The van der Waals surface area contributed by atoms with Crippen molar-refractivity contribution in [1.82, 2.24) is 19.9 Å². The Balaban J connectivity index is 1.74. The number of nitrogens with one attached hydrogen (secondary N) is 2. The summed E-state index contributed by atoms with van der Waals surface area (Å²) in [5, 5.41) is 10.6. The van der Waals surface area contributed by atoms with Crippen LogP contribution in [0.1, 0.15) is 27.8 Å². The Kier molecular flexibility index (Phi) is 4.70. The molecular weight excluding hydrogens is 346 g/mol. The van der Waals surface area contributed by atoms with Gasteiger partial charge in [0.15, 0.2) is 5.65 Å². The van der Waals surface area contributed by atoms with Crippen molar-refractivity contribution in [3.8, 4) is 0 Å². The maximum Gasteiger partial charge on any atom is 0.414 e. The Labute approximate surface area is 145 Å². The first-order valence-electron chi connectivity index (χ1n) is 7.26. The number of carbonyl (C=O) groups is 3. The predicted octanol–water partition coefficient (Wildman–Crippen LogP) is 1.93. The minimum Gasteiger partial charge on any atom is -0.450 e. The minimum absolute atomic E-state index is 0.148.